The molecule has 3 N–H and O–H groups in total. The summed E-state index contributed by atoms with van der Waals surface area (Å²) in [5.41, 5.74) is 0. The van der Waals surface area contributed by atoms with Gasteiger partial charge in [0.25, 0.3) is 0 Å². The predicted octanol–water partition coefficient (Wildman–Crippen LogP) is 14.0. The van der Waals surface area contributed by atoms with Crippen LogP contribution in [0.15, 0.2) is 24.3 Å². The van der Waals surface area contributed by atoms with Gasteiger partial charge < -0.3 is 20.3 Å². The van der Waals surface area contributed by atoms with E-state index in [9.17, 15) is 19.8 Å². The number of hydrogen-bond donors (Lipinski definition) is 3. The predicted molar refractivity (Wildman–Crippen MR) is 236 cm³/mol. The lowest BCUT2D eigenvalue weighted by molar-refractivity contribution is -0.143. The lowest BCUT2D eigenvalue weighted by atomic mass is 10.0. The van der Waals surface area contributed by atoms with Crippen LogP contribution < -0.4 is 5.32 Å². The first-order valence-corrected chi connectivity index (χ1v) is 24.1. The molecule has 0 aromatic heterocycles. The molecule has 55 heavy (non-hydrogen) atoms. The number of ether oxygens (including phenoxy) is 1. The quantitative estimate of drug-likeness (QED) is 0.0325. The summed E-state index contributed by atoms with van der Waals surface area (Å²) >= 11 is 0. The summed E-state index contributed by atoms with van der Waals surface area (Å²) in [6.07, 6.45) is 51.7. The number of aliphatic hydroxyl groups is 2. The van der Waals surface area contributed by atoms with Crippen molar-refractivity contribution in [3.63, 3.8) is 0 Å². The van der Waals surface area contributed by atoms with Gasteiger partial charge in [-0.15, -0.1) is 0 Å². The van der Waals surface area contributed by atoms with Crippen LogP contribution in [0.2, 0.25) is 0 Å². The zero-order chi connectivity index (χ0) is 40.1. The van der Waals surface area contributed by atoms with Crippen LogP contribution in [0.25, 0.3) is 0 Å². The molecule has 1 amide bonds. The summed E-state index contributed by atoms with van der Waals surface area (Å²) in [5, 5.41) is 22.9. The molecule has 0 fully saturated rings. The van der Waals surface area contributed by atoms with Gasteiger partial charge in [-0.25, -0.2) is 0 Å². The molecule has 0 aromatic rings. The minimum atomic E-state index is -0.850. The third-order valence-electron chi connectivity index (χ3n) is 11.0. The van der Waals surface area contributed by atoms with E-state index in [1.54, 1.807) is 6.08 Å². The number of rotatable bonds is 44. The first kappa shape index (κ1) is 53.3. The molecule has 0 radical (unpaired) electrons. The molecular weight excluding hydrogens is 683 g/mol. The zero-order valence-electron chi connectivity index (χ0n) is 36.7. The fourth-order valence-electron chi connectivity index (χ4n) is 7.21. The summed E-state index contributed by atoms with van der Waals surface area (Å²) in [4.78, 5) is 24.4. The average Bonchev–Trinajstić information content (AvgIpc) is 3.18. The maximum Gasteiger partial charge on any atom is 0.305 e. The fraction of sp³-hybridized carbons (Fsp3) is 0.878. The number of allylic oxidation sites excluding steroid dienone is 3. The number of carbonyl (C=O) groups excluding carboxylic acids is 2. The SMILES string of the molecule is CCCCCCCC/C=C\CCCCCCCC(=O)OCCCCCCCCCCCCCCCC(=O)NC(CO)C(O)/C=C/CCCCCCCCCC. The largest absolute Gasteiger partial charge is 0.466 e. The van der Waals surface area contributed by atoms with Gasteiger partial charge >= 0.3 is 5.97 Å². The summed E-state index contributed by atoms with van der Waals surface area (Å²) in [6.45, 7) is 4.84. The van der Waals surface area contributed by atoms with Gasteiger partial charge in [-0.1, -0.05) is 205 Å². The molecule has 6 nitrogen and oxygen atoms in total. The number of esters is 1. The Kier molecular flexibility index (Phi) is 43.7. The molecule has 0 aliphatic carbocycles. The number of aliphatic hydroxyl groups excluding tert-OH is 2. The Hall–Kier alpha value is -1.66. The standard InChI is InChI=1S/C49H93NO5/c1-3-5-7-9-11-13-15-16-17-20-23-27-31-35-39-43-49(54)55-44-40-36-32-28-24-21-18-19-22-26-30-34-38-42-48(53)50-46(45-51)47(52)41-37-33-29-25-14-12-10-8-6-4-2/h16-17,37,41,46-47,51-52H,3-15,18-36,38-40,42-45H2,1-2H3,(H,50,53)/b17-16-,41-37+. The Morgan fingerprint density at radius 3 is 1.29 bits per heavy atom. The number of amides is 1. The highest BCUT2D eigenvalue weighted by atomic mass is 16.5. The molecule has 0 rings (SSSR count). The molecule has 0 aromatic carbocycles. The third kappa shape index (κ3) is 41.8. The maximum atomic E-state index is 12.4. The summed E-state index contributed by atoms with van der Waals surface area (Å²) in [6, 6.07) is -0.635. The fourth-order valence-corrected chi connectivity index (χ4v) is 7.21. The lowest BCUT2D eigenvalue weighted by Gasteiger charge is -2.20. The van der Waals surface area contributed by atoms with Crippen molar-refractivity contribution in [2.75, 3.05) is 13.2 Å². The molecule has 6 heteroatoms. The normalized spacial score (nSPS) is 12.9. The van der Waals surface area contributed by atoms with Crippen molar-refractivity contribution >= 4 is 11.9 Å². The van der Waals surface area contributed by atoms with E-state index >= 15 is 0 Å². The van der Waals surface area contributed by atoms with Crippen LogP contribution in [0.5, 0.6) is 0 Å². The maximum absolute atomic E-state index is 12.4. The molecule has 0 spiro atoms. The van der Waals surface area contributed by atoms with Crippen molar-refractivity contribution in [3.8, 4) is 0 Å². The van der Waals surface area contributed by atoms with Crippen molar-refractivity contribution in [1.29, 1.82) is 0 Å². The number of hydrogen-bond acceptors (Lipinski definition) is 5. The van der Waals surface area contributed by atoms with Crippen LogP contribution in [0.4, 0.5) is 0 Å². The van der Waals surface area contributed by atoms with Crippen LogP contribution in [-0.4, -0.2) is 47.4 Å². The molecule has 0 aliphatic heterocycles. The van der Waals surface area contributed by atoms with E-state index < -0.39 is 12.1 Å². The molecule has 0 aliphatic rings. The Morgan fingerprint density at radius 1 is 0.491 bits per heavy atom. The Balaban J connectivity index is 3.46. The minimum Gasteiger partial charge on any atom is -0.466 e. The van der Waals surface area contributed by atoms with E-state index in [4.69, 9.17) is 4.74 Å². The lowest BCUT2D eigenvalue weighted by Crippen LogP contribution is -2.45. The first-order chi connectivity index (χ1) is 27.0. The van der Waals surface area contributed by atoms with Gasteiger partial charge in [0.1, 0.15) is 0 Å². The molecule has 324 valence electrons. The third-order valence-corrected chi connectivity index (χ3v) is 11.0. The highest BCUT2D eigenvalue weighted by Gasteiger charge is 2.18. The topological polar surface area (TPSA) is 95.9 Å². The first-order valence-electron chi connectivity index (χ1n) is 24.1. The van der Waals surface area contributed by atoms with Gasteiger partial charge in [0.05, 0.1) is 25.4 Å². The molecule has 2 unspecified atom stereocenters. The number of nitrogens with one attached hydrogen (secondary N) is 1. The summed E-state index contributed by atoms with van der Waals surface area (Å²) < 4.78 is 5.45. The molecule has 0 bridgehead atoms. The molecular formula is C49H93NO5. The van der Waals surface area contributed by atoms with E-state index in [1.165, 1.54) is 167 Å². The van der Waals surface area contributed by atoms with Crippen molar-refractivity contribution in [1.82, 2.24) is 5.32 Å². The van der Waals surface area contributed by atoms with E-state index in [0.717, 1.165) is 57.8 Å². The molecule has 0 saturated heterocycles. The second-order valence-electron chi connectivity index (χ2n) is 16.4. The average molecular weight is 776 g/mol. The minimum absolute atomic E-state index is 0.0156. The van der Waals surface area contributed by atoms with Crippen LogP contribution in [0.1, 0.15) is 251 Å². The van der Waals surface area contributed by atoms with Crippen molar-refractivity contribution in [2.24, 2.45) is 0 Å². The second-order valence-corrected chi connectivity index (χ2v) is 16.4. The summed E-state index contributed by atoms with van der Waals surface area (Å²) in [7, 11) is 0. The highest BCUT2D eigenvalue weighted by Crippen LogP contribution is 2.15. The van der Waals surface area contributed by atoms with Gasteiger partial charge in [-0.05, 0) is 57.8 Å². The number of unbranched alkanes of at least 4 members (excludes halogenated alkanes) is 31. The van der Waals surface area contributed by atoms with Crippen molar-refractivity contribution in [3.05, 3.63) is 24.3 Å². The Morgan fingerprint density at radius 2 is 0.855 bits per heavy atom. The molecule has 2 atom stereocenters. The van der Waals surface area contributed by atoms with E-state index in [0.29, 0.717) is 19.4 Å². The van der Waals surface area contributed by atoms with Crippen LogP contribution >= 0.6 is 0 Å². The molecule has 0 saturated carbocycles. The van der Waals surface area contributed by atoms with Crippen molar-refractivity contribution < 1.29 is 24.5 Å². The Labute approximate surface area is 341 Å². The smallest absolute Gasteiger partial charge is 0.305 e. The highest BCUT2D eigenvalue weighted by molar-refractivity contribution is 5.76. The molecule has 0 heterocycles. The van der Waals surface area contributed by atoms with Crippen molar-refractivity contribution in [2.45, 2.75) is 264 Å². The van der Waals surface area contributed by atoms with Gasteiger partial charge in [-0.2, -0.15) is 0 Å². The summed E-state index contributed by atoms with van der Waals surface area (Å²) in [5.74, 6) is -0.0993. The van der Waals surface area contributed by atoms with Crippen LogP contribution in [0.3, 0.4) is 0 Å². The monoisotopic (exact) mass is 776 g/mol. The Bertz CT molecular complexity index is 858. The number of carbonyl (C=O) groups is 2. The van der Waals surface area contributed by atoms with E-state index in [1.807, 2.05) is 6.08 Å². The van der Waals surface area contributed by atoms with E-state index in [-0.39, 0.29) is 18.5 Å². The van der Waals surface area contributed by atoms with Gasteiger partial charge in [0.15, 0.2) is 0 Å². The second kappa shape index (κ2) is 45.0. The van der Waals surface area contributed by atoms with Crippen LogP contribution in [0, 0.1) is 0 Å². The zero-order valence-corrected chi connectivity index (χ0v) is 36.7. The van der Waals surface area contributed by atoms with Gasteiger partial charge in [-0.3, -0.25) is 9.59 Å². The van der Waals surface area contributed by atoms with Gasteiger partial charge in [0.2, 0.25) is 5.91 Å². The van der Waals surface area contributed by atoms with Gasteiger partial charge in [0, 0.05) is 12.8 Å². The van der Waals surface area contributed by atoms with E-state index in [2.05, 4.69) is 31.3 Å². The van der Waals surface area contributed by atoms with Crippen LogP contribution in [-0.2, 0) is 14.3 Å².